The highest BCUT2D eigenvalue weighted by atomic mass is 32.2. The van der Waals surface area contributed by atoms with Crippen molar-refractivity contribution >= 4 is 21.4 Å². The Morgan fingerprint density at radius 2 is 1.90 bits per heavy atom. The van der Waals surface area contributed by atoms with Gasteiger partial charge in [0, 0.05) is 18.9 Å². The van der Waals surface area contributed by atoms with Gasteiger partial charge in [0.15, 0.2) is 0 Å². The molecule has 20 heavy (non-hydrogen) atoms. The van der Waals surface area contributed by atoms with Crippen LogP contribution >= 0.6 is 0 Å². The summed E-state index contributed by atoms with van der Waals surface area (Å²) in [6.07, 6.45) is 3.06. The molecule has 0 aliphatic rings. The maximum atomic E-state index is 12.6. The number of nitrogens with two attached hydrogens (primary N) is 1. The maximum Gasteiger partial charge on any atom is 0.262 e. The van der Waals surface area contributed by atoms with Gasteiger partial charge >= 0.3 is 0 Å². The standard InChI is InChI=1S/C13H18N4O2S/c1-8-5-12(14)10(3)13(9(8)2)20(18,19)16-11-6-15-17(4)7-11/h5-7,16H,14H2,1-4H3. The molecule has 0 unspecified atom stereocenters. The maximum absolute atomic E-state index is 12.6. The van der Waals surface area contributed by atoms with Gasteiger partial charge in [0.1, 0.15) is 0 Å². The molecular weight excluding hydrogens is 276 g/mol. The highest BCUT2D eigenvalue weighted by Crippen LogP contribution is 2.29. The average molecular weight is 294 g/mol. The van der Waals surface area contributed by atoms with Crippen LogP contribution in [0.15, 0.2) is 23.4 Å². The molecule has 1 aromatic heterocycles. The molecular formula is C13H18N4O2S. The molecule has 2 aromatic rings. The first-order valence-electron chi connectivity index (χ1n) is 6.10. The summed E-state index contributed by atoms with van der Waals surface area (Å²) in [5.74, 6) is 0. The zero-order valence-corrected chi connectivity index (χ0v) is 12.7. The van der Waals surface area contributed by atoms with Gasteiger partial charge in [-0.2, -0.15) is 5.10 Å². The Kier molecular flexibility index (Phi) is 3.47. The normalized spacial score (nSPS) is 11.6. The Hall–Kier alpha value is -2.02. The molecule has 1 aromatic carbocycles. The van der Waals surface area contributed by atoms with E-state index in [-0.39, 0.29) is 4.90 Å². The van der Waals surface area contributed by atoms with Crippen molar-refractivity contribution in [3.8, 4) is 0 Å². The van der Waals surface area contributed by atoms with Crippen LogP contribution in [0.2, 0.25) is 0 Å². The van der Waals surface area contributed by atoms with Crippen LogP contribution in [-0.2, 0) is 17.1 Å². The zero-order valence-electron chi connectivity index (χ0n) is 11.9. The summed E-state index contributed by atoms with van der Waals surface area (Å²) in [4.78, 5) is 0.235. The van der Waals surface area contributed by atoms with Gasteiger partial charge in [0.25, 0.3) is 10.0 Å². The molecule has 0 radical (unpaired) electrons. The molecule has 0 saturated carbocycles. The Labute approximate surface area is 118 Å². The average Bonchev–Trinajstić information content (AvgIpc) is 2.71. The highest BCUT2D eigenvalue weighted by Gasteiger charge is 2.22. The fraction of sp³-hybridized carbons (Fsp3) is 0.308. The SMILES string of the molecule is Cc1cc(N)c(C)c(S(=O)(=O)Nc2cnn(C)c2)c1C. The topological polar surface area (TPSA) is 90.0 Å². The Balaban J connectivity index is 2.55. The largest absolute Gasteiger partial charge is 0.398 e. The third-order valence-corrected chi connectivity index (χ3v) is 4.96. The van der Waals surface area contributed by atoms with Gasteiger partial charge in [-0.25, -0.2) is 8.42 Å². The first-order valence-corrected chi connectivity index (χ1v) is 7.58. The lowest BCUT2D eigenvalue weighted by molar-refractivity contribution is 0.600. The third kappa shape index (κ3) is 2.49. The second-order valence-corrected chi connectivity index (χ2v) is 6.49. The van der Waals surface area contributed by atoms with Crippen LogP contribution in [-0.4, -0.2) is 18.2 Å². The fourth-order valence-electron chi connectivity index (χ4n) is 2.12. The number of aryl methyl sites for hydroxylation is 2. The van der Waals surface area contributed by atoms with E-state index in [9.17, 15) is 8.42 Å². The van der Waals surface area contributed by atoms with Crippen LogP contribution in [0, 0.1) is 20.8 Å². The predicted molar refractivity (Wildman–Crippen MR) is 79.1 cm³/mol. The van der Waals surface area contributed by atoms with Crippen LogP contribution in [0.25, 0.3) is 0 Å². The van der Waals surface area contributed by atoms with Crippen molar-refractivity contribution in [1.29, 1.82) is 0 Å². The number of nitrogens with zero attached hydrogens (tertiary/aromatic N) is 2. The minimum absolute atomic E-state index is 0.235. The molecule has 3 N–H and O–H groups in total. The molecule has 0 saturated heterocycles. The number of benzene rings is 1. The third-order valence-electron chi connectivity index (χ3n) is 3.30. The molecule has 0 atom stereocenters. The lowest BCUT2D eigenvalue weighted by Gasteiger charge is -2.15. The van der Waals surface area contributed by atoms with Gasteiger partial charge in [-0.05, 0) is 43.5 Å². The smallest absolute Gasteiger partial charge is 0.262 e. The molecule has 2 rings (SSSR count). The number of sulfonamides is 1. The Bertz CT molecular complexity index is 737. The number of aromatic nitrogens is 2. The van der Waals surface area contributed by atoms with Crippen LogP contribution in [0.3, 0.4) is 0 Å². The van der Waals surface area contributed by atoms with Gasteiger partial charge in [0.05, 0.1) is 16.8 Å². The predicted octanol–water partition coefficient (Wildman–Crippen LogP) is 1.73. The summed E-state index contributed by atoms with van der Waals surface area (Å²) in [5, 5.41) is 3.94. The van der Waals surface area contributed by atoms with E-state index in [4.69, 9.17) is 5.73 Å². The summed E-state index contributed by atoms with van der Waals surface area (Å²) in [6, 6.07) is 1.79. The van der Waals surface area contributed by atoms with Gasteiger partial charge < -0.3 is 5.73 Å². The molecule has 1 heterocycles. The molecule has 0 fully saturated rings. The van der Waals surface area contributed by atoms with Crippen molar-refractivity contribution in [3.63, 3.8) is 0 Å². The van der Waals surface area contributed by atoms with Crippen molar-refractivity contribution in [2.45, 2.75) is 25.7 Å². The molecule has 0 spiro atoms. The van der Waals surface area contributed by atoms with Gasteiger partial charge in [0.2, 0.25) is 0 Å². The second-order valence-electron chi connectivity index (χ2n) is 4.87. The molecule has 0 aliphatic carbocycles. The van der Waals surface area contributed by atoms with E-state index in [0.717, 1.165) is 5.56 Å². The molecule has 0 amide bonds. The number of rotatable bonds is 3. The van der Waals surface area contributed by atoms with Crippen molar-refractivity contribution < 1.29 is 8.42 Å². The van der Waals surface area contributed by atoms with Crippen molar-refractivity contribution in [2.75, 3.05) is 10.5 Å². The van der Waals surface area contributed by atoms with E-state index in [1.54, 1.807) is 33.2 Å². The van der Waals surface area contributed by atoms with Crippen LogP contribution < -0.4 is 10.5 Å². The quantitative estimate of drug-likeness (QED) is 0.844. The lowest BCUT2D eigenvalue weighted by atomic mass is 10.1. The molecule has 7 heteroatoms. The summed E-state index contributed by atoms with van der Waals surface area (Å²) < 4.78 is 29.2. The number of hydrogen-bond acceptors (Lipinski definition) is 4. The van der Waals surface area contributed by atoms with Crippen molar-refractivity contribution in [3.05, 3.63) is 35.2 Å². The number of anilines is 2. The van der Waals surface area contributed by atoms with E-state index in [2.05, 4.69) is 9.82 Å². The number of nitrogens with one attached hydrogen (secondary N) is 1. The van der Waals surface area contributed by atoms with Gasteiger partial charge in [-0.3, -0.25) is 9.40 Å². The van der Waals surface area contributed by atoms with E-state index >= 15 is 0 Å². The summed E-state index contributed by atoms with van der Waals surface area (Å²) in [5.41, 5.74) is 8.88. The van der Waals surface area contributed by atoms with Gasteiger partial charge in [-0.1, -0.05) is 0 Å². The second kappa shape index (κ2) is 4.82. The highest BCUT2D eigenvalue weighted by molar-refractivity contribution is 7.92. The molecule has 108 valence electrons. The van der Waals surface area contributed by atoms with E-state index in [1.165, 1.54) is 10.9 Å². The van der Waals surface area contributed by atoms with Crippen LogP contribution in [0.4, 0.5) is 11.4 Å². The van der Waals surface area contributed by atoms with Crippen molar-refractivity contribution in [1.82, 2.24) is 9.78 Å². The van der Waals surface area contributed by atoms with E-state index in [0.29, 0.717) is 22.5 Å². The van der Waals surface area contributed by atoms with Gasteiger partial charge in [-0.15, -0.1) is 0 Å². The monoisotopic (exact) mass is 294 g/mol. The fourth-order valence-corrected chi connectivity index (χ4v) is 3.73. The van der Waals surface area contributed by atoms with Crippen molar-refractivity contribution in [2.24, 2.45) is 7.05 Å². The minimum atomic E-state index is -3.69. The van der Waals surface area contributed by atoms with Crippen LogP contribution in [0.1, 0.15) is 16.7 Å². The van der Waals surface area contributed by atoms with Crippen LogP contribution in [0.5, 0.6) is 0 Å². The molecule has 6 nitrogen and oxygen atoms in total. The summed E-state index contributed by atoms with van der Waals surface area (Å²) in [6.45, 7) is 5.33. The Morgan fingerprint density at radius 1 is 1.25 bits per heavy atom. The first kappa shape index (κ1) is 14.4. The summed E-state index contributed by atoms with van der Waals surface area (Å²) >= 11 is 0. The lowest BCUT2D eigenvalue weighted by Crippen LogP contribution is -2.17. The van der Waals surface area contributed by atoms with E-state index in [1.807, 2.05) is 6.92 Å². The minimum Gasteiger partial charge on any atom is -0.398 e. The molecule has 0 bridgehead atoms. The van der Waals surface area contributed by atoms with E-state index < -0.39 is 10.0 Å². The first-order chi connectivity index (χ1) is 9.22. The zero-order chi connectivity index (χ0) is 15.1. The number of nitrogen functional groups attached to an aromatic ring is 1. The Morgan fingerprint density at radius 3 is 2.45 bits per heavy atom. The molecule has 0 aliphatic heterocycles. The summed E-state index contributed by atoms with van der Waals surface area (Å²) in [7, 11) is -1.97. The number of hydrogen-bond donors (Lipinski definition) is 2.